The number of thiophene rings is 1. The van der Waals surface area contributed by atoms with Crippen LogP contribution >= 0.6 is 23.6 Å². The third kappa shape index (κ3) is 3.80. The Kier molecular flexibility index (Phi) is 5.43. The molecule has 0 N–H and O–H groups in total. The third-order valence-electron chi connectivity index (χ3n) is 5.02. The molecule has 0 spiro atoms. The summed E-state index contributed by atoms with van der Waals surface area (Å²) in [5.74, 6) is 1.01. The van der Waals surface area contributed by atoms with Gasteiger partial charge >= 0.3 is 0 Å². The van der Waals surface area contributed by atoms with Crippen molar-refractivity contribution in [2.24, 2.45) is 0 Å². The van der Waals surface area contributed by atoms with Gasteiger partial charge in [0.1, 0.15) is 5.82 Å². The number of carbonyl (C=O) groups is 1. The second kappa shape index (κ2) is 7.98. The minimum absolute atomic E-state index is 0.130. The summed E-state index contributed by atoms with van der Waals surface area (Å²) in [5.41, 5.74) is 2.25. The molecule has 6 nitrogen and oxygen atoms in total. The average molecular weight is 414 g/mol. The Morgan fingerprint density at radius 2 is 1.82 bits per heavy atom. The Labute approximate surface area is 173 Å². The van der Waals surface area contributed by atoms with Gasteiger partial charge in [0.15, 0.2) is 0 Å². The van der Waals surface area contributed by atoms with Crippen molar-refractivity contribution in [2.45, 2.75) is 20.5 Å². The molecule has 0 unspecified atom stereocenters. The predicted octanol–water partition coefficient (Wildman–Crippen LogP) is 3.50. The van der Waals surface area contributed by atoms with E-state index in [1.165, 1.54) is 16.9 Å². The van der Waals surface area contributed by atoms with E-state index in [2.05, 4.69) is 41.2 Å². The smallest absolute Gasteiger partial charge is 0.264 e. The number of benzene rings is 1. The molecule has 1 fully saturated rings. The number of rotatable bonds is 4. The lowest BCUT2D eigenvalue weighted by Gasteiger charge is -2.34. The predicted molar refractivity (Wildman–Crippen MR) is 114 cm³/mol. The molecule has 1 aliphatic rings. The minimum atomic E-state index is 0.130. The van der Waals surface area contributed by atoms with Crippen LogP contribution in [0.15, 0.2) is 41.8 Å². The average Bonchev–Trinajstić information content (AvgIpc) is 3.32. The van der Waals surface area contributed by atoms with Gasteiger partial charge in [-0.1, -0.05) is 23.8 Å². The zero-order valence-electron chi connectivity index (χ0n) is 16.0. The summed E-state index contributed by atoms with van der Waals surface area (Å²) in [4.78, 5) is 17.5. The van der Waals surface area contributed by atoms with Gasteiger partial charge in [0.25, 0.3) is 5.91 Å². The van der Waals surface area contributed by atoms with Crippen LogP contribution in [0.3, 0.4) is 0 Å². The highest BCUT2D eigenvalue weighted by molar-refractivity contribution is 7.71. The molecule has 146 valence electrons. The van der Waals surface area contributed by atoms with Crippen molar-refractivity contribution in [1.29, 1.82) is 0 Å². The third-order valence-corrected chi connectivity index (χ3v) is 6.27. The lowest BCUT2D eigenvalue weighted by molar-refractivity contribution is 0.0589. The Hall–Kier alpha value is -2.29. The number of hydrogen-bond acceptors (Lipinski definition) is 5. The summed E-state index contributed by atoms with van der Waals surface area (Å²) in [5, 5.41) is 6.60. The lowest BCUT2D eigenvalue weighted by Crippen LogP contribution is -2.48. The topological polar surface area (TPSA) is 46.3 Å². The van der Waals surface area contributed by atoms with Crippen LogP contribution in [0.4, 0.5) is 0 Å². The molecule has 8 heteroatoms. The summed E-state index contributed by atoms with van der Waals surface area (Å²) in [6.45, 7) is 7.76. The monoisotopic (exact) mass is 413 g/mol. The Morgan fingerprint density at radius 3 is 2.46 bits per heavy atom. The van der Waals surface area contributed by atoms with Gasteiger partial charge in [-0.05, 0) is 49.6 Å². The SMILES string of the molecule is Cc1ccc(-n2c(C)nn(CN3CCN(C(=O)c4cccs4)CC3)c2=S)cc1. The van der Waals surface area contributed by atoms with Gasteiger partial charge in [-0.3, -0.25) is 14.3 Å². The molecule has 4 rings (SSSR count). The van der Waals surface area contributed by atoms with Crippen molar-refractivity contribution in [2.75, 3.05) is 26.2 Å². The molecule has 1 aliphatic heterocycles. The first-order valence-electron chi connectivity index (χ1n) is 9.31. The van der Waals surface area contributed by atoms with Gasteiger partial charge in [0, 0.05) is 31.9 Å². The zero-order chi connectivity index (χ0) is 19.7. The number of aromatic nitrogens is 3. The van der Waals surface area contributed by atoms with Gasteiger partial charge in [-0.25, -0.2) is 4.68 Å². The molecule has 0 saturated carbocycles. The Morgan fingerprint density at radius 1 is 1.11 bits per heavy atom. The van der Waals surface area contributed by atoms with E-state index in [0.717, 1.165) is 42.6 Å². The van der Waals surface area contributed by atoms with E-state index in [0.29, 0.717) is 11.4 Å². The number of nitrogens with zero attached hydrogens (tertiary/aromatic N) is 5. The number of piperazine rings is 1. The normalized spacial score (nSPS) is 15.1. The summed E-state index contributed by atoms with van der Waals surface area (Å²) in [6, 6.07) is 12.1. The van der Waals surface area contributed by atoms with E-state index < -0.39 is 0 Å². The van der Waals surface area contributed by atoms with E-state index >= 15 is 0 Å². The fraction of sp³-hybridized carbons (Fsp3) is 0.350. The minimum Gasteiger partial charge on any atom is -0.335 e. The van der Waals surface area contributed by atoms with Crippen LogP contribution in [0.5, 0.6) is 0 Å². The molecular weight excluding hydrogens is 390 g/mol. The van der Waals surface area contributed by atoms with Gasteiger partial charge in [0.2, 0.25) is 4.77 Å². The Balaban J connectivity index is 1.43. The van der Waals surface area contributed by atoms with E-state index in [4.69, 9.17) is 12.2 Å². The zero-order valence-corrected chi connectivity index (χ0v) is 17.7. The summed E-state index contributed by atoms with van der Waals surface area (Å²) in [6.07, 6.45) is 0. The van der Waals surface area contributed by atoms with Crippen molar-refractivity contribution >= 4 is 29.5 Å². The van der Waals surface area contributed by atoms with Gasteiger partial charge in [-0.2, -0.15) is 5.10 Å². The molecular formula is C20H23N5OS2. The number of carbonyl (C=O) groups excluding carboxylic acids is 1. The number of hydrogen-bond donors (Lipinski definition) is 0. The first-order valence-corrected chi connectivity index (χ1v) is 10.6. The van der Waals surface area contributed by atoms with Crippen LogP contribution in [0.1, 0.15) is 21.1 Å². The number of aryl methyl sites for hydroxylation is 2. The van der Waals surface area contributed by atoms with Crippen LogP contribution in [-0.2, 0) is 6.67 Å². The molecule has 2 aromatic heterocycles. The molecule has 1 amide bonds. The van der Waals surface area contributed by atoms with Gasteiger partial charge < -0.3 is 4.90 Å². The largest absolute Gasteiger partial charge is 0.335 e. The van der Waals surface area contributed by atoms with Crippen molar-refractivity contribution in [3.05, 3.63) is 62.8 Å². The van der Waals surface area contributed by atoms with Crippen molar-refractivity contribution in [1.82, 2.24) is 24.1 Å². The van der Waals surface area contributed by atoms with Crippen molar-refractivity contribution in [3.8, 4) is 5.69 Å². The highest BCUT2D eigenvalue weighted by atomic mass is 32.1. The molecule has 0 radical (unpaired) electrons. The van der Waals surface area contributed by atoms with Gasteiger partial charge in [-0.15, -0.1) is 11.3 Å². The molecule has 0 bridgehead atoms. The highest BCUT2D eigenvalue weighted by Gasteiger charge is 2.23. The maximum absolute atomic E-state index is 12.5. The second-order valence-corrected chi connectivity index (χ2v) is 8.34. The summed E-state index contributed by atoms with van der Waals surface area (Å²) < 4.78 is 4.57. The summed E-state index contributed by atoms with van der Waals surface area (Å²) in [7, 11) is 0. The van der Waals surface area contributed by atoms with Crippen molar-refractivity contribution in [3.63, 3.8) is 0 Å². The molecule has 3 heterocycles. The van der Waals surface area contributed by atoms with E-state index in [1.54, 1.807) is 0 Å². The number of amides is 1. The molecule has 0 atom stereocenters. The summed E-state index contributed by atoms with van der Waals surface area (Å²) >= 11 is 7.19. The maximum atomic E-state index is 12.5. The van der Waals surface area contributed by atoms with E-state index in [1.807, 2.05) is 38.6 Å². The Bertz CT molecular complexity index is 1010. The highest BCUT2D eigenvalue weighted by Crippen LogP contribution is 2.16. The second-order valence-electron chi connectivity index (χ2n) is 7.03. The van der Waals surface area contributed by atoms with Gasteiger partial charge in [0.05, 0.1) is 11.5 Å². The molecule has 1 saturated heterocycles. The van der Waals surface area contributed by atoms with Crippen LogP contribution in [0.25, 0.3) is 5.69 Å². The quantitative estimate of drug-likeness (QED) is 0.614. The fourth-order valence-corrected chi connectivity index (χ4v) is 4.46. The van der Waals surface area contributed by atoms with E-state index in [9.17, 15) is 4.79 Å². The molecule has 28 heavy (non-hydrogen) atoms. The van der Waals surface area contributed by atoms with Crippen LogP contribution in [0, 0.1) is 18.6 Å². The van der Waals surface area contributed by atoms with Crippen LogP contribution in [0.2, 0.25) is 0 Å². The molecule has 1 aromatic carbocycles. The fourth-order valence-electron chi connectivity index (χ4n) is 3.44. The van der Waals surface area contributed by atoms with E-state index in [-0.39, 0.29) is 5.91 Å². The first kappa shape index (κ1) is 19.0. The molecule has 0 aliphatic carbocycles. The maximum Gasteiger partial charge on any atom is 0.264 e. The lowest BCUT2D eigenvalue weighted by atomic mass is 10.2. The molecule has 3 aromatic rings. The van der Waals surface area contributed by atoms with Crippen molar-refractivity contribution < 1.29 is 4.79 Å². The standard InChI is InChI=1S/C20H23N5OS2/c1-15-5-7-17(8-6-15)25-16(2)21-24(20(25)27)14-22-9-11-23(12-10-22)19(26)18-4-3-13-28-18/h3-8,13H,9-12,14H2,1-2H3. The first-order chi connectivity index (χ1) is 13.5. The van der Waals surface area contributed by atoms with Crippen LogP contribution < -0.4 is 0 Å². The van der Waals surface area contributed by atoms with Crippen LogP contribution in [-0.4, -0.2) is 56.2 Å².